The van der Waals surface area contributed by atoms with E-state index >= 15 is 0 Å². The minimum absolute atomic E-state index is 0.00810. The first kappa shape index (κ1) is 9.45. The lowest BCUT2D eigenvalue weighted by molar-refractivity contribution is 0.636. The highest BCUT2D eigenvalue weighted by molar-refractivity contribution is 5.62. The fraction of sp³-hybridized carbons (Fsp3) is 0.111. The van der Waals surface area contributed by atoms with Crippen molar-refractivity contribution in [1.82, 2.24) is 15.2 Å². The molecule has 5 nitrogen and oxygen atoms in total. The Kier molecular flexibility index (Phi) is 2.03. The molecule has 0 atom stereocenters. The van der Waals surface area contributed by atoms with Crippen LogP contribution in [0.1, 0.15) is 5.69 Å². The summed E-state index contributed by atoms with van der Waals surface area (Å²) in [6, 6.07) is 1.38. The summed E-state index contributed by atoms with van der Waals surface area (Å²) in [5.74, 6) is -0.950. The van der Waals surface area contributed by atoms with E-state index in [0.717, 1.165) is 0 Å². The van der Waals surface area contributed by atoms with E-state index in [1.807, 2.05) is 0 Å². The van der Waals surface area contributed by atoms with Gasteiger partial charge in [0, 0.05) is 18.0 Å². The summed E-state index contributed by atoms with van der Waals surface area (Å²) in [5.41, 5.74) is 5.84. The van der Waals surface area contributed by atoms with Gasteiger partial charge in [0.15, 0.2) is 17.1 Å². The predicted octanol–water partition coefficient (Wildman–Crippen LogP) is 0.795. The van der Waals surface area contributed by atoms with E-state index < -0.39 is 5.82 Å². The summed E-state index contributed by atoms with van der Waals surface area (Å²) in [4.78, 5) is 14.3. The van der Waals surface area contributed by atoms with Crippen LogP contribution in [-0.2, 0) is 0 Å². The molecule has 0 saturated heterocycles. The van der Waals surface area contributed by atoms with Crippen LogP contribution in [0.15, 0.2) is 17.1 Å². The molecule has 0 aliphatic heterocycles. The Morgan fingerprint density at radius 2 is 2.27 bits per heavy atom. The normalized spacial score (nSPS) is 10.5. The van der Waals surface area contributed by atoms with Crippen LogP contribution < -0.4 is 11.2 Å². The SMILES string of the molecule is Cc1cc(=O)c(-c2[nH]nc(N)c2F)c[nH]1. The van der Waals surface area contributed by atoms with Gasteiger partial charge in [-0.25, -0.2) is 4.39 Å². The lowest BCUT2D eigenvalue weighted by atomic mass is 10.2. The Labute approximate surface area is 84.1 Å². The molecule has 15 heavy (non-hydrogen) atoms. The van der Waals surface area contributed by atoms with Gasteiger partial charge in [-0.15, -0.1) is 0 Å². The first-order valence-corrected chi connectivity index (χ1v) is 4.28. The van der Waals surface area contributed by atoms with Gasteiger partial charge in [0.05, 0.1) is 5.56 Å². The smallest absolute Gasteiger partial charge is 0.192 e. The highest BCUT2D eigenvalue weighted by Gasteiger charge is 2.14. The molecule has 78 valence electrons. The standard InChI is InChI=1S/C9H9FN4O/c1-4-2-6(15)5(3-12-4)8-7(10)9(11)14-13-8/h2-3H,1H3,(H,12,15)(H3,11,13,14). The van der Waals surface area contributed by atoms with E-state index in [9.17, 15) is 9.18 Å². The number of nitrogens with one attached hydrogen (secondary N) is 2. The highest BCUT2D eigenvalue weighted by Crippen LogP contribution is 2.19. The Morgan fingerprint density at radius 1 is 1.53 bits per heavy atom. The maximum absolute atomic E-state index is 13.4. The number of hydrogen-bond acceptors (Lipinski definition) is 3. The van der Waals surface area contributed by atoms with E-state index in [4.69, 9.17) is 5.73 Å². The number of rotatable bonds is 1. The predicted molar refractivity (Wildman–Crippen MR) is 53.8 cm³/mol. The van der Waals surface area contributed by atoms with Gasteiger partial charge in [-0.1, -0.05) is 0 Å². The first-order valence-electron chi connectivity index (χ1n) is 4.28. The maximum atomic E-state index is 13.4. The van der Waals surface area contributed by atoms with Crippen LogP contribution in [0.2, 0.25) is 0 Å². The van der Waals surface area contributed by atoms with Crippen LogP contribution in [0, 0.1) is 12.7 Å². The molecule has 0 fully saturated rings. The number of H-pyrrole nitrogens is 2. The number of nitrogens with two attached hydrogens (primary N) is 1. The molecule has 2 rings (SSSR count). The lowest BCUT2D eigenvalue weighted by Gasteiger charge is -1.97. The third-order valence-corrected chi connectivity index (χ3v) is 2.06. The molecule has 0 unspecified atom stereocenters. The van der Waals surface area contributed by atoms with Crippen LogP contribution in [0.5, 0.6) is 0 Å². The Hall–Kier alpha value is -2.11. The maximum Gasteiger partial charge on any atom is 0.192 e. The summed E-state index contributed by atoms with van der Waals surface area (Å²) in [6.45, 7) is 1.74. The fourth-order valence-corrected chi connectivity index (χ4v) is 1.29. The van der Waals surface area contributed by atoms with Crippen molar-refractivity contribution in [3.63, 3.8) is 0 Å². The van der Waals surface area contributed by atoms with E-state index in [1.165, 1.54) is 12.3 Å². The summed E-state index contributed by atoms with van der Waals surface area (Å²) < 4.78 is 13.4. The number of pyridine rings is 1. The zero-order valence-electron chi connectivity index (χ0n) is 7.97. The van der Waals surface area contributed by atoms with Crippen molar-refractivity contribution >= 4 is 5.82 Å². The first-order chi connectivity index (χ1) is 7.09. The van der Waals surface area contributed by atoms with E-state index in [-0.39, 0.29) is 22.5 Å². The van der Waals surface area contributed by atoms with Crippen molar-refractivity contribution in [1.29, 1.82) is 0 Å². The molecule has 2 aromatic rings. The molecule has 2 aromatic heterocycles. The van der Waals surface area contributed by atoms with Crippen LogP contribution in [0.4, 0.5) is 10.2 Å². The number of halogens is 1. The van der Waals surface area contributed by atoms with Gasteiger partial charge in [-0.2, -0.15) is 5.10 Å². The second kappa shape index (κ2) is 3.23. The van der Waals surface area contributed by atoms with E-state index in [2.05, 4.69) is 15.2 Å². The molecule has 2 heterocycles. The number of anilines is 1. The average molecular weight is 208 g/mol. The van der Waals surface area contributed by atoms with Gasteiger partial charge in [-0.3, -0.25) is 9.89 Å². The number of aromatic amines is 2. The number of hydrogen-bond donors (Lipinski definition) is 3. The number of aromatic nitrogens is 3. The molecule has 0 amide bonds. The molecule has 0 radical (unpaired) electrons. The third kappa shape index (κ3) is 1.50. The van der Waals surface area contributed by atoms with Crippen molar-refractivity contribution in [3.05, 3.63) is 34.0 Å². The molecule has 0 spiro atoms. The van der Waals surface area contributed by atoms with Crippen LogP contribution >= 0.6 is 0 Å². The molecular weight excluding hydrogens is 199 g/mol. The number of aryl methyl sites for hydroxylation is 1. The lowest BCUT2D eigenvalue weighted by Crippen LogP contribution is -2.06. The van der Waals surface area contributed by atoms with Crippen LogP contribution in [0.25, 0.3) is 11.3 Å². The second-order valence-corrected chi connectivity index (χ2v) is 3.19. The van der Waals surface area contributed by atoms with Crippen molar-refractivity contribution in [2.75, 3.05) is 5.73 Å². The third-order valence-electron chi connectivity index (χ3n) is 2.06. The minimum atomic E-state index is -0.704. The zero-order chi connectivity index (χ0) is 11.0. The van der Waals surface area contributed by atoms with Gasteiger partial charge in [-0.05, 0) is 6.92 Å². The monoisotopic (exact) mass is 208 g/mol. The zero-order valence-corrected chi connectivity index (χ0v) is 7.97. The van der Waals surface area contributed by atoms with Gasteiger partial charge in [0.2, 0.25) is 0 Å². The van der Waals surface area contributed by atoms with Gasteiger partial charge in [0.1, 0.15) is 5.69 Å². The summed E-state index contributed by atoms with van der Waals surface area (Å²) in [7, 11) is 0. The average Bonchev–Trinajstić information content (AvgIpc) is 2.49. The summed E-state index contributed by atoms with van der Waals surface area (Å²) in [5, 5.41) is 5.86. The van der Waals surface area contributed by atoms with Gasteiger partial charge < -0.3 is 10.7 Å². The Bertz CT molecular complexity index is 557. The highest BCUT2D eigenvalue weighted by atomic mass is 19.1. The number of nitrogens with zero attached hydrogens (tertiary/aromatic N) is 1. The van der Waals surface area contributed by atoms with Gasteiger partial charge in [0.25, 0.3) is 0 Å². The van der Waals surface area contributed by atoms with Crippen molar-refractivity contribution in [2.45, 2.75) is 6.92 Å². The summed E-state index contributed by atoms with van der Waals surface area (Å²) >= 11 is 0. The van der Waals surface area contributed by atoms with E-state index in [1.54, 1.807) is 6.92 Å². The molecule has 6 heteroatoms. The Morgan fingerprint density at radius 3 is 2.80 bits per heavy atom. The molecule has 0 aliphatic rings. The largest absolute Gasteiger partial charge is 0.380 e. The fourth-order valence-electron chi connectivity index (χ4n) is 1.29. The quantitative estimate of drug-likeness (QED) is 0.647. The van der Waals surface area contributed by atoms with Crippen LogP contribution in [0.3, 0.4) is 0 Å². The molecule has 0 aliphatic carbocycles. The molecular formula is C9H9FN4O. The van der Waals surface area contributed by atoms with Crippen molar-refractivity contribution < 1.29 is 4.39 Å². The second-order valence-electron chi connectivity index (χ2n) is 3.19. The molecule has 4 N–H and O–H groups in total. The minimum Gasteiger partial charge on any atom is -0.380 e. The van der Waals surface area contributed by atoms with E-state index in [0.29, 0.717) is 5.69 Å². The molecule has 0 saturated carbocycles. The van der Waals surface area contributed by atoms with Crippen molar-refractivity contribution in [3.8, 4) is 11.3 Å². The topological polar surface area (TPSA) is 87.6 Å². The van der Waals surface area contributed by atoms with Gasteiger partial charge >= 0.3 is 0 Å². The molecule has 0 bridgehead atoms. The summed E-state index contributed by atoms with van der Waals surface area (Å²) in [6.07, 6.45) is 1.42. The van der Waals surface area contributed by atoms with Crippen LogP contribution in [-0.4, -0.2) is 15.2 Å². The van der Waals surface area contributed by atoms with Crippen molar-refractivity contribution in [2.24, 2.45) is 0 Å². The molecule has 0 aromatic carbocycles. The Balaban J connectivity index is 2.65. The number of nitrogen functional groups attached to an aromatic ring is 1.